The first-order valence-corrected chi connectivity index (χ1v) is 8.28. The summed E-state index contributed by atoms with van der Waals surface area (Å²) in [4.78, 5) is 11.1. The molecular formula is C14H21ClN2O2S. The Kier molecular flexibility index (Phi) is 7.19. The molecule has 0 aliphatic heterocycles. The third-order valence-electron chi connectivity index (χ3n) is 2.99. The average Bonchev–Trinajstić information content (AvgIpc) is 2.57. The van der Waals surface area contributed by atoms with Gasteiger partial charge in [-0.15, -0.1) is 0 Å². The zero-order chi connectivity index (χ0) is 15.1. The summed E-state index contributed by atoms with van der Waals surface area (Å²) in [7, 11) is -0.967. The Labute approximate surface area is 127 Å². The number of carbonyl (C=O) groups excluding carboxylic acids is 1. The second kappa shape index (κ2) is 8.39. The molecule has 1 aliphatic carbocycles. The van der Waals surface area contributed by atoms with Crippen molar-refractivity contribution in [1.29, 1.82) is 0 Å². The van der Waals surface area contributed by atoms with Crippen molar-refractivity contribution in [2.45, 2.75) is 26.7 Å². The van der Waals surface area contributed by atoms with E-state index in [2.05, 4.69) is 16.6 Å². The molecule has 6 heteroatoms. The van der Waals surface area contributed by atoms with Gasteiger partial charge in [0.1, 0.15) is 0 Å². The van der Waals surface area contributed by atoms with E-state index in [4.69, 9.17) is 11.6 Å². The zero-order valence-electron chi connectivity index (χ0n) is 11.9. The lowest BCUT2D eigenvalue weighted by atomic mass is 10.0. The molecule has 1 amide bonds. The summed E-state index contributed by atoms with van der Waals surface area (Å²) in [6, 6.07) is 0. The molecule has 1 rings (SSSR count). The fraction of sp³-hybridized carbons (Fsp3) is 0.500. The predicted molar refractivity (Wildman–Crippen MR) is 84.4 cm³/mol. The van der Waals surface area contributed by atoms with E-state index >= 15 is 0 Å². The molecule has 2 N–H and O–H groups in total. The molecule has 4 nitrogen and oxygen atoms in total. The van der Waals surface area contributed by atoms with E-state index in [1.165, 1.54) is 6.92 Å². The van der Waals surface area contributed by atoms with E-state index in [9.17, 15) is 9.00 Å². The smallest absolute Gasteiger partial charge is 0.221 e. The first-order chi connectivity index (χ1) is 9.43. The molecule has 0 aromatic carbocycles. The lowest BCUT2D eigenvalue weighted by Crippen LogP contribution is -2.25. The number of allylic oxidation sites excluding steroid dienone is 3. The minimum absolute atomic E-state index is 0.166. The Balaban J connectivity index is 2.66. The second-order valence-electron chi connectivity index (χ2n) is 4.65. The molecule has 0 aromatic heterocycles. The standard InChI is InChI=1S/C14H21ClN2O2S/c1-4-20(19)16-9-12-5-7-13(14(15)8-6-12)10(2)17-11(3)18/h7-8,12,16H,2,4-6,9H2,1,3H3,(H,17,18). The molecule has 0 bridgehead atoms. The van der Waals surface area contributed by atoms with Crippen LogP contribution in [0.15, 0.2) is 35.0 Å². The fourth-order valence-corrected chi connectivity index (χ4v) is 2.79. The number of nitrogens with one attached hydrogen (secondary N) is 2. The number of hydrogen-bond donors (Lipinski definition) is 2. The van der Waals surface area contributed by atoms with Crippen molar-refractivity contribution in [2.75, 3.05) is 12.3 Å². The van der Waals surface area contributed by atoms with Crippen molar-refractivity contribution in [3.63, 3.8) is 0 Å². The molecule has 2 unspecified atom stereocenters. The van der Waals surface area contributed by atoms with Crippen LogP contribution in [0.25, 0.3) is 0 Å². The predicted octanol–water partition coefficient (Wildman–Crippen LogP) is 2.37. The Hall–Kier alpha value is -0.910. The van der Waals surface area contributed by atoms with Crippen molar-refractivity contribution in [3.05, 3.63) is 35.0 Å². The van der Waals surface area contributed by atoms with Gasteiger partial charge in [0.05, 0.1) is 11.0 Å². The average molecular weight is 317 g/mol. The van der Waals surface area contributed by atoms with Crippen molar-refractivity contribution >= 4 is 28.5 Å². The lowest BCUT2D eigenvalue weighted by Gasteiger charge is -2.12. The molecule has 0 saturated carbocycles. The van der Waals surface area contributed by atoms with Crippen LogP contribution in [-0.4, -0.2) is 22.4 Å². The van der Waals surface area contributed by atoms with Gasteiger partial charge in [-0.05, 0) is 18.8 Å². The maximum atomic E-state index is 11.4. The van der Waals surface area contributed by atoms with Crippen LogP contribution in [-0.2, 0) is 15.8 Å². The lowest BCUT2D eigenvalue weighted by molar-refractivity contribution is -0.118. The van der Waals surface area contributed by atoms with Crippen LogP contribution in [0.1, 0.15) is 26.7 Å². The maximum absolute atomic E-state index is 11.4. The summed E-state index contributed by atoms with van der Waals surface area (Å²) < 4.78 is 14.4. The SMILES string of the molecule is C=C(NC(C)=O)C1=CCC(CNS(=O)CC)CC=C1Cl. The number of halogens is 1. The molecule has 112 valence electrons. The molecule has 0 saturated heterocycles. The Morgan fingerprint density at radius 1 is 1.50 bits per heavy atom. The van der Waals surface area contributed by atoms with Crippen LogP contribution in [0.2, 0.25) is 0 Å². The Morgan fingerprint density at radius 2 is 2.15 bits per heavy atom. The van der Waals surface area contributed by atoms with Crippen molar-refractivity contribution in [1.82, 2.24) is 10.0 Å². The van der Waals surface area contributed by atoms with Crippen LogP contribution in [0.4, 0.5) is 0 Å². The van der Waals surface area contributed by atoms with Gasteiger partial charge in [0.15, 0.2) is 0 Å². The first kappa shape index (κ1) is 17.1. The Bertz CT molecular complexity index is 472. The summed E-state index contributed by atoms with van der Waals surface area (Å²) in [5.41, 5.74) is 1.28. The highest BCUT2D eigenvalue weighted by molar-refractivity contribution is 7.82. The van der Waals surface area contributed by atoms with Crippen LogP contribution in [0.5, 0.6) is 0 Å². The van der Waals surface area contributed by atoms with Gasteiger partial charge in [0.25, 0.3) is 0 Å². The van der Waals surface area contributed by atoms with Gasteiger partial charge >= 0.3 is 0 Å². The quantitative estimate of drug-likeness (QED) is 0.790. The number of carbonyl (C=O) groups is 1. The third-order valence-corrected chi connectivity index (χ3v) is 4.36. The van der Waals surface area contributed by atoms with E-state index in [-0.39, 0.29) is 5.91 Å². The molecule has 1 aliphatic rings. The van der Waals surface area contributed by atoms with Gasteiger partial charge in [-0.2, -0.15) is 0 Å². The number of amides is 1. The molecule has 0 spiro atoms. The normalized spacial score (nSPS) is 20.4. The Morgan fingerprint density at radius 3 is 2.75 bits per heavy atom. The monoisotopic (exact) mass is 316 g/mol. The number of hydrogen-bond acceptors (Lipinski definition) is 2. The molecule has 0 heterocycles. The molecule has 2 atom stereocenters. The van der Waals surface area contributed by atoms with Gasteiger partial charge < -0.3 is 5.32 Å². The van der Waals surface area contributed by atoms with Crippen molar-refractivity contribution in [2.24, 2.45) is 5.92 Å². The van der Waals surface area contributed by atoms with Crippen LogP contribution in [0, 0.1) is 5.92 Å². The van der Waals surface area contributed by atoms with Crippen LogP contribution < -0.4 is 10.0 Å². The molecule has 0 fully saturated rings. The van der Waals surface area contributed by atoms with Crippen LogP contribution in [0.3, 0.4) is 0 Å². The number of rotatable bonds is 6. The van der Waals surface area contributed by atoms with E-state index in [1.807, 2.05) is 19.1 Å². The highest BCUT2D eigenvalue weighted by Crippen LogP contribution is 2.27. The highest BCUT2D eigenvalue weighted by Gasteiger charge is 2.16. The fourth-order valence-electron chi connectivity index (χ4n) is 1.89. The van der Waals surface area contributed by atoms with E-state index in [0.29, 0.717) is 28.9 Å². The topological polar surface area (TPSA) is 58.2 Å². The molecule has 0 radical (unpaired) electrons. The second-order valence-corrected chi connectivity index (χ2v) is 6.61. The summed E-state index contributed by atoms with van der Waals surface area (Å²) in [6.07, 6.45) is 5.51. The van der Waals surface area contributed by atoms with E-state index in [1.54, 1.807) is 0 Å². The maximum Gasteiger partial charge on any atom is 0.221 e. The third kappa shape index (κ3) is 5.61. The molecular weight excluding hydrogens is 296 g/mol. The zero-order valence-corrected chi connectivity index (χ0v) is 13.4. The van der Waals surface area contributed by atoms with Gasteiger partial charge in [0, 0.05) is 35.5 Å². The molecule has 0 aromatic rings. The van der Waals surface area contributed by atoms with Gasteiger partial charge in [-0.25, -0.2) is 8.93 Å². The summed E-state index contributed by atoms with van der Waals surface area (Å²) >= 11 is 6.22. The molecule has 20 heavy (non-hydrogen) atoms. The van der Waals surface area contributed by atoms with E-state index < -0.39 is 11.0 Å². The van der Waals surface area contributed by atoms with Crippen molar-refractivity contribution in [3.8, 4) is 0 Å². The van der Waals surface area contributed by atoms with Gasteiger partial charge in [-0.3, -0.25) is 4.79 Å². The highest BCUT2D eigenvalue weighted by atomic mass is 35.5. The summed E-state index contributed by atoms with van der Waals surface area (Å²) in [5, 5.41) is 3.25. The minimum atomic E-state index is -0.967. The van der Waals surface area contributed by atoms with Crippen LogP contribution >= 0.6 is 11.6 Å². The first-order valence-electron chi connectivity index (χ1n) is 6.59. The summed E-state index contributed by atoms with van der Waals surface area (Å²) in [6.45, 7) is 7.83. The van der Waals surface area contributed by atoms with Gasteiger partial charge in [0.2, 0.25) is 5.91 Å². The van der Waals surface area contributed by atoms with Crippen molar-refractivity contribution < 1.29 is 9.00 Å². The van der Waals surface area contributed by atoms with E-state index in [0.717, 1.165) is 18.4 Å². The summed E-state index contributed by atoms with van der Waals surface area (Å²) in [5.74, 6) is 0.770. The van der Waals surface area contributed by atoms with Gasteiger partial charge in [-0.1, -0.05) is 37.3 Å². The largest absolute Gasteiger partial charge is 0.326 e. The minimum Gasteiger partial charge on any atom is -0.326 e.